The maximum Gasteiger partial charge on any atom is 0.320 e. The van der Waals surface area contributed by atoms with Crippen LogP contribution in [0.1, 0.15) is 30.0 Å². The average Bonchev–Trinajstić information content (AvgIpc) is 2.99. The number of benzene rings is 3. The number of nitrogens with zero attached hydrogens (tertiary/aromatic N) is 1. The zero-order chi connectivity index (χ0) is 23.9. The molecule has 1 aliphatic rings. The van der Waals surface area contributed by atoms with E-state index in [1.54, 1.807) is 4.90 Å². The molecule has 34 heavy (non-hydrogen) atoms. The summed E-state index contributed by atoms with van der Waals surface area (Å²) in [5.41, 5.74) is 3.98. The molecule has 0 aromatic heterocycles. The van der Waals surface area contributed by atoms with Crippen LogP contribution in [0.4, 0.5) is 5.69 Å². The van der Waals surface area contributed by atoms with E-state index >= 15 is 0 Å². The second kappa shape index (κ2) is 11.0. The fourth-order valence-electron chi connectivity index (χ4n) is 4.18. The minimum absolute atomic E-state index is 0.0657. The summed E-state index contributed by atoms with van der Waals surface area (Å²) in [4.78, 5) is 27.4. The van der Waals surface area contributed by atoms with Gasteiger partial charge in [-0.1, -0.05) is 73.7 Å². The third-order valence-corrected chi connectivity index (χ3v) is 6.16. The molecule has 3 aromatic rings. The summed E-state index contributed by atoms with van der Waals surface area (Å²) in [5, 5.41) is 12.9. The van der Waals surface area contributed by atoms with Crippen LogP contribution < -0.4 is 15.0 Å². The fourth-order valence-corrected chi connectivity index (χ4v) is 4.18. The molecular weight excluding hydrogens is 428 g/mol. The van der Waals surface area contributed by atoms with Gasteiger partial charge in [-0.25, -0.2) is 0 Å². The van der Waals surface area contributed by atoms with Crippen LogP contribution in [0.2, 0.25) is 0 Å². The van der Waals surface area contributed by atoms with Crippen LogP contribution in [-0.2, 0) is 29.0 Å². The van der Waals surface area contributed by atoms with Crippen molar-refractivity contribution in [3.63, 3.8) is 0 Å². The predicted molar refractivity (Wildman–Crippen MR) is 132 cm³/mol. The van der Waals surface area contributed by atoms with E-state index in [4.69, 9.17) is 4.74 Å². The number of aliphatic carboxylic acids is 1. The first-order valence-electron chi connectivity index (χ1n) is 11.7. The Bertz CT molecular complexity index is 1110. The Labute approximate surface area is 200 Å². The Morgan fingerprint density at radius 1 is 1.00 bits per heavy atom. The lowest BCUT2D eigenvalue weighted by molar-refractivity contribution is -0.140. The fraction of sp³-hybridized carbons (Fsp3) is 0.286. The van der Waals surface area contributed by atoms with E-state index < -0.39 is 18.1 Å². The Kier molecular flexibility index (Phi) is 7.60. The molecule has 1 aliphatic heterocycles. The number of amides is 1. The Hall–Kier alpha value is -3.64. The summed E-state index contributed by atoms with van der Waals surface area (Å²) in [7, 11) is 0. The Morgan fingerprint density at radius 3 is 2.38 bits per heavy atom. The van der Waals surface area contributed by atoms with Gasteiger partial charge in [0, 0.05) is 0 Å². The average molecular weight is 459 g/mol. The van der Waals surface area contributed by atoms with E-state index in [-0.39, 0.29) is 12.5 Å². The number of anilines is 1. The van der Waals surface area contributed by atoms with Gasteiger partial charge < -0.3 is 14.7 Å². The van der Waals surface area contributed by atoms with Gasteiger partial charge in [0.15, 0.2) is 0 Å². The molecule has 0 radical (unpaired) electrons. The van der Waals surface area contributed by atoms with Gasteiger partial charge in [0.1, 0.15) is 24.4 Å². The quantitative estimate of drug-likeness (QED) is 0.502. The standard InChI is InChI=1S/C28H30N2O4/c1-2-20-12-14-22(15-13-20)18-30-25-10-6-7-11-26(25)34-19-24(27(30)31)29-23(28(32)33)17-16-21-8-4-3-5-9-21/h3-15,23-24,29H,2,16-19H2,1H3,(H,32,33)/t23-,24-/m0/s1. The highest BCUT2D eigenvalue weighted by molar-refractivity contribution is 5.99. The molecule has 6 nitrogen and oxygen atoms in total. The second-order valence-electron chi connectivity index (χ2n) is 8.51. The lowest BCUT2D eigenvalue weighted by atomic mass is 10.0. The number of rotatable bonds is 9. The number of aryl methyl sites for hydroxylation is 2. The number of carboxylic acids is 1. The molecule has 0 saturated heterocycles. The molecule has 0 saturated carbocycles. The van der Waals surface area contributed by atoms with E-state index in [1.165, 1.54) is 5.56 Å². The smallest absolute Gasteiger partial charge is 0.320 e. The number of hydrogen-bond donors (Lipinski definition) is 2. The number of fused-ring (bicyclic) bond motifs is 1. The number of carbonyl (C=O) groups is 2. The third kappa shape index (κ3) is 5.64. The molecule has 6 heteroatoms. The van der Waals surface area contributed by atoms with Gasteiger partial charge in [0.05, 0.1) is 12.2 Å². The van der Waals surface area contributed by atoms with E-state index in [2.05, 4.69) is 24.4 Å². The van der Waals surface area contributed by atoms with Crippen molar-refractivity contribution in [1.82, 2.24) is 5.32 Å². The lowest BCUT2D eigenvalue weighted by Crippen LogP contribution is -2.53. The molecule has 176 valence electrons. The van der Waals surface area contributed by atoms with Gasteiger partial charge >= 0.3 is 5.97 Å². The first-order chi connectivity index (χ1) is 16.5. The number of carboxylic acid groups (broad SMARTS) is 1. The van der Waals surface area contributed by atoms with E-state index in [9.17, 15) is 14.7 Å². The van der Waals surface area contributed by atoms with Crippen LogP contribution in [0, 0.1) is 0 Å². The van der Waals surface area contributed by atoms with Gasteiger partial charge in [0.25, 0.3) is 0 Å². The molecule has 0 spiro atoms. The van der Waals surface area contributed by atoms with Crippen molar-refractivity contribution in [2.75, 3.05) is 11.5 Å². The minimum Gasteiger partial charge on any atom is -0.489 e. The molecule has 2 N–H and O–H groups in total. The molecule has 0 unspecified atom stereocenters. The summed E-state index contributed by atoms with van der Waals surface area (Å²) < 4.78 is 5.96. The molecule has 4 rings (SSSR count). The normalized spacial score (nSPS) is 16.3. The first kappa shape index (κ1) is 23.5. The van der Waals surface area contributed by atoms with Crippen molar-refractivity contribution < 1.29 is 19.4 Å². The zero-order valence-corrected chi connectivity index (χ0v) is 19.3. The molecule has 0 aliphatic carbocycles. The Morgan fingerprint density at radius 2 is 1.68 bits per heavy atom. The third-order valence-electron chi connectivity index (χ3n) is 6.16. The highest BCUT2D eigenvalue weighted by Gasteiger charge is 2.34. The molecule has 0 bridgehead atoms. The van der Waals surface area contributed by atoms with Crippen LogP contribution in [0.25, 0.3) is 0 Å². The largest absolute Gasteiger partial charge is 0.489 e. The minimum atomic E-state index is -0.979. The van der Waals surface area contributed by atoms with E-state index in [1.807, 2.05) is 66.7 Å². The van der Waals surface area contributed by atoms with Crippen molar-refractivity contribution in [3.05, 3.63) is 95.6 Å². The molecule has 1 amide bonds. The molecule has 1 heterocycles. The van der Waals surface area contributed by atoms with Gasteiger partial charge in [-0.05, 0) is 48.1 Å². The van der Waals surface area contributed by atoms with Crippen LogP contribution in [-0.4, -0.2) is 35.7 Å². The summed E-state index contributed by atoms with van der Waals surface area (Å²) in [6.07, 6.45) is 1.92. The van der Waals surface area contributed by atoms with Crippen molar-refractivity contribution in [2.45, 2.75) is 44.8 Å². The number of hydrogen-bond acceptors (Lipinski definition) is 4. The summed E-state index contributed by atoms with van der Waals surface area (Å²) in [6, 6.07) is 23.7. The Balaban J connectivity index is 1.54. The summed E-state index contributed by atoms with van der Waals surface area (Å²) in [5.74, 6) is -0.566. The second-order valence-corrected chi connectivity index (χ2v) is 8.51. The maximum atomic E-state index is 13.7. The van der Waals surface area contributed by atoms with Crippen LogP contribution >= 0.6 is 0 Å². The van der Waals surface area contributed by atoms with E-state index in [0.717, 1.165) is 17.5 Å². The molecule has 3 aromatic carbocycles. The van der Waals surface area contributed by atoms with Gasteiger partial charge in [0.2, 0.25) is 5.91 Å². The van der Waals surface area contributed by atoms with Crippen molar-refractivity contribution in [3.8, 4) is 5.75 Å². The number of ether oxygens (including phenoxy) is 1. The number of carbonyl (C=O) groups excluding carboxylic acids is 1. The monoisotopic (exact) mass is 458 g/mol. The van der Waals surface area contributed by atoms with Crippen LogP contribution in [0.15, 0.2) is 78.9 Å². The van der Waals surface area contributed by atoms with Crippen LogP contribution in [0.3, 0.4) is 0 Å². The van der Waals surface area contributed by atoms with Crippen molar-refractivity contribution in [1.29, 1.82) is 0 Å². The number of para-hydroxylation sites is 2. The van der Waals surface area contributed by atoms with Gasteiger partial charge in [-0.2, -0.15) is 0 Å². The first-order valence-corrected chi connectivity index (χ1v) is 11.7. The highest BCUT2D eigenvalue weighted by atomic mass is 16.5. The summed E-state index contributed by atoms with van der Waals surface area (Å²) >= 11 is 0. The van der Waals surface area contributed by atoms with Crippen molar-refractivity contribution in [2.24, 2.45) is 0 Å². The SMILES string of the molecule is CCc1ccc(CN2C(=O)[C@@H](N[C@@H](CCc3ccccc3)C(=O)O)COc3ccccc32)cc1. The van der Waals surface area contributed by atoms with Gasteiger partial charge in [-0.3, -0.25) is 14.9 Å². The molecule has 2 atom stereocenters. The highest BCUT2D eigenvalue weighted by Crippen LogP contribution is 2.32. The zero-order valence-electron chi connectivity index (χ0n) is 19.3. The van der Waals surface area contributed by atoms with Crippen molar-refractivity contribution >= 4 is 17.6 Å². The van der Waals surface area contributed by atoms with Gasteiger partial charge in [-0.15, -0.1) is 0 Å². The topological polar surface area (TPSA) is 78.9 Å². The number of nitrogens with one attached hydrogen (secondary N) is 1. The van der Waals surface area contributed by atoms with Crippen LogP contribution in [0.5, 0.6) is 5.75 Å². The lowest BCUT2D eigenvalue weighted by Gasteiger charge is -2.27. The van der Waals surface area contributed by atoms with E-state index in [0.29, 0.717) is 30.8 Å². The maximum absolute atomic E-state index is 13.7. The predicted octanol–water partition coefficient (Wildman–Crippen LogP) is 4.22. The molecule has 0 fully saturated rings. The molecular formula is C28H30N2O4. The summed E-state index contributed by atoms with van der Waals surface area (Å²) in [6.45, 7) is 2.55.